The van der Waals surface area contributed by atoms with Crippen molar-refractivity contribution in [1.29, 1.82) is 0 Å². The highest BCUT2D eigenvalue weighted by atomic mass is 32.1. The van der Waals surface area contributed by atoms with Crippen molar-refractivity contribution in [3.05, 3.63) is 58.5 Å². The zero-order chi connectivity index (χ0) is 18.4. The molecule has 0 amide bonds. The van der Waals surface area contributed by atoms with Crippen LogP contribution in [0.4, 0.5) is 0 Å². The molecule has 0 fully saturated rings. The Balaban J connectivity index is 1.93. The minimum absolute atomic E-state index is 0.0795. The van der Waals surface area contributed by atoms with Crippen LogP contribution < -0.4 is 0 Å². The van der Waals surface area contributed by atoms with E-state index < -0.39 is 11.9 Å². The monoisotopic (exact) mass is 371 g/mol. The highest BCUT2D eigenvalue weighted by Crippen LogP contribution is 2.46. The second-order valence-corrected chi connectivity index (χ2v) is 7.31. The number of carboxylic acid groups (broad SMARTS) is 2. The lowest BCUT2D eigenvalue weighted by atomic mass is 9.77. The van der Waals surface area contributed by atoms with Crippen molar-refractivity contribution < 1.29 is 24.5 Å². The number of carbonyl (C=O) groups is 2. The number of hydrogen-bond donors (Lipinski definition) is 2. The molecule has 1 aliphatic heterocycles. The van der Waals surface area contributed by atoms with Gasteiger partial charge in [-0.2, -0.15) is 0 Å². The predicted molar refractivity (Wildman–Crippen MR) is 96.4 cm³/mol. The van der Waals surface area contributed by atoms with Crippen molar-refractivity contribution >= 4 is 23.3 Å². The van der Waals surface area contributed by atoms with Gasteiger partial charge in [0.05, 0.1) is 12.7 Å². The molecule has 4 rings (SSSR count). The molecule has 2 atom stereocenters. The van der Waals surface area contributed by atoms with Gasteiger partial charge in [-0.1, -0.05) is 12.1 Å². The van der Waals surface area contributed by atoms with Crippen LogP contribution in [-0.4, -0.2) is 33.8 Å². The van der Waals surface area contributed by atoms with Gasteiger partial charge in [-0.25, -0.2) is 9.59 Å². The van der Waals surface area contributed by atoms with Crippen LogP contribution in [0.1, 0.15) is 28.5 Å². The first kappa shape index (κ1) is 16.7. The highest BCUT2D eigenvalue weighted by Gasteiger charge is 2.37. The minimum atomic E-state index is -1.05. The van der Waals surface area contributed by atoms with Gasteiger partial charge in [0.15, 0.2) is 0 Å². The third-order valence-corrected chi connectivity index (χ3v) is 5.94. The van der Waals surface area contributed by atoms with Crippen LogP contribution in [-0.2, 0) is 16.1 Å². The topological polar surface area (TPSA) is 88.8 Å². The number of allylic oxidation sites excluding steroid dienone is 2. The third-order valence-electron chi connectivity index (χ3n) is 5.03. The van der Waals surface area contributed by atoms with Crippen LogP contribution in [0.2, 0.25) is 0 Å². The summed E-state index contributed by atoms with van der Waals surface area (Å²) < 4.78 is 7.08. The van der Waals surface area contributed by atoms with Gasteiger partial charge in [-0.15, -0.1) is 11.3 Å². The zero-order valence-corrected chi connectivity index (χ0v) is 14.8. The fraction of sp³-hybridized carbons (Fsp3) is 0.263. The number of ether oxygens (including phenoxy) is 1. The quantitative estimate of drug-likeness (QED) is 0.858. The van der Waals surface area contributed by atoms with Crippen molar-refractivity contribution in [3.8, 4) is 10.4 Å². The van der Waals surface area contributed by atoms with Gasteiger partial charge in [-0.05, 0) is 35.9 Å². The summed E-state index contributed by atoms with van der Waals surface area (Å²) in [5, 5.41) is 21.1. The van der Waals surface area contributed by atoms with Crippen molar-refractivity contribution in [2.75, 3.05) is 7.11 Å². The Morgan fingerprint density at radius 2 is 2.08 bits per heavy atom. The molecule has 2 aliphatic rings. The summed E-state index contributed by atoms with van der Waals surface area (Å²) in [5.41, 5.74) is 2.10. The third kappa shape index (κ3) is 2.47. The fourth-order valence-electron chi connectivity index (χ4n) is 3.92. The molecular formula is C19H17NO5S. The van der Waals surface area contributed by atoms with Crippen LogP contribution in [0.25, 0.3) is 10.4 Å². The molecule has 0 saturated carbocycles. The average molecular weight is 371 g/mol. The number of hydrogen-bond acceptors (Lipinski definition) is 4. The van der Waals surface area contributed by atoms with Crippen LogP contribution in [0.15, 0.2) is 47.1 Å². The number of aromatic nitrogens is 1. The van der Waals surface area contributed by atoms with E-state index in [1.807, 2.05) is 28.2 Å². The smallest absolute Gasteiger partial charge is 0.352 e. The normalized spacial score (nSPS) is 21.3. The Morgan fingerprint density at radius 3 is 2.69 bits per heavy atom. The molecule has 134 valence electrons. The molecule has 1 aliphatic carbocycles. The lowest BCUT2D eigenvalue weighted by Gasteiger charge is -2.34. The fourth-order valence-corrected chi connectivity index (χ4v) is 4.67. The number of aliphatic carboxylic acids is 1. The Kier molecular flexibility index (Phi) is 3.96. The van der Waals surface area contributed by atoms with E-state index in [0.29, 0.717) is 12.3 Å². The van der Waals surface area contributed by atoms with Crippen LogP contribution >= 0.6 is 11.3 Å². The molecule has 7 heteroatoms. The number of nitrogens with zero attached hydrogens (tertiary/aromatic N) is 1. The summed E-state index contributed by atoms with van der Waals surface area (Å²) >= 11 is 1.54. The second-order valence-electron chi connectivity index (χ2n) is 6.36. The van der Waals surface area contributed by atoms with E-state index in [1.54, 1.807) is 23.5 Å². The van der Waals surface area contributed by atoms with E-state index in [9.17, 15) is 19.8 Å². The van der Waals surface area contributed by atoms with Gasteiger partial charge in [-0.3, -0.25) is 0 Å². The van der Waals surface area contributed by atoms with Crippen molar-refractivity contribution in [3.63, 3.8) is 0 Å². The molecule has 3 heterocycles. The number of methoxy groups -OCH3 is 1. The lowest BCUT2D eigenvalue weighted by Crippen LogP contribution is -2.28. The molecule has 0 radical (unpaired) electrons. The first-order valence-electron chi connectivity index (χ1n) is 8.23. The van der Waals surface area contributed by atoms with E-state index in [4.69, 9.17) is 4.74 Å². The number of thiophene rings is 1. The Bertz CT molecular complexity index is 951. The van der Waals surface area contributed by atoms with Crippen LogP contribution in [0, 0.1) is 5.92 Å². The van der Waals surface area contributed by atoms with E-state index >= 15 is 0 Å². The van der Waals surface area contributed by atoms with Crippen molar-refractivity contribution in [2.45, 2.75) is 18.9 Å². The number of aromatic carboxylic acids is 1. The van der Waals surface area contributed by atoms with Gasteiger partial charge < -0.3 is 19.5 Å². The highest BCUT2D eigenvalue weighted by molar-refractivity contribution is 7.13. The molecule has 2 unspecified atom stereocenters. The zero-order valence-electron chi connectivity index (χ0n) is 14.0. The van der Waals surface area contributed by atoms with Gasteiger partial charge in [0.2, 0.25) is 0 Å². The Morgan fingerprint density at radius 1 is 1.27 bits per heavy atom. The Hall–Kier alpha value is -2.80. The summed E-state index contributed by atoms with van der Waals surface area (Å²) in [7, 11) is 1.47. The molecule has 0 saturated heterocycles. The van der Waals surface area contributed by atoms with E-state index in [1.165, 1.54) is 7.11 Å². The van der Waals surface area contributed by atoms with Gasteiger partial charge in [0.1, 0.15) is 11.5 Å². The number of rotatable bonds is 4. The summed E-state index contributed by atoms with van der Waals surface area (Å²) in [4.78, 5) is 24.4. The molecule has 2 N–H and O–H groups in total. The van der Waals surface area contributed by atoms with Crippen molar-refractivity contribution in [1.82, 2.24) is 4.57 Å². The maximum absolute atomic E-state index is 11.7. The lowest BCUT2D eigenvalue weighted by molar-refractivity contribution is -0.132. The standard InChI is InChI=1S/C19H17NO5S/c1-25-15-7-10-4-5-20-14(19(23)24)9-13(16-3-2-6-26-16)17(20)11(10)8-12(15)18(21)22/h2-3,6-11H,4-5H2,1H3,(H,21,22)(H,23,24). The molecule has 0 bridgehead atoms. The van der Waals surface area contributed by atoms with Gasteiger partial charge in [0.25, 0.3) is 0 Å². The largest absolute Gasteiger partial charge is 0.496 e. The summed E-state index contributed by atoms with van der Waals surface area (Å²) in [5.74, 6) is -1.76. The minimum Gasteiger partial charge on any atom is -0.496 e. The molecule has 26 heavy (non-hydrogen) atoms. The first-order valence-corrected chi connectivity index (χ1v) is 9.11. The Labute approximate surface area is 153 Å². The van der Waals surface area contributed by atoms with Crippen molar-refractivity contribution in [2.24, 2.45) is 5.92 Å². The number of fused-ring (bicyclic) bond motifs is 3. The predicted octanol–water partition coefficient (Wildman–Crippen LogP) is 3.57. The number of carboxylic acids is 2. The van der Waals surface area contributed by atoms with Crippen LogP contribution in [0.5, 0.6) is 0 Å². The van der Waals surface area contributed by atoms with E-state index in [2.05, 4.69) is 0 Å². The molecular weight excluding hydrogens is 354 g/mol. The molecule has 6 nitrogen and oxygen atoms in total. The van der Waals surface area contributed by atoms with E-state index in [0.717, 1.165) is 22.6 Å². The molecule has 0 aromatic carbocycles. The van der Waals surface area contributed by atoms with E-state index in [-0.39, 0.29) is 23.1 Å². The summed E-state index contributed by atoms with van der Waals surface area (Å²) in [6, 6.07) is 5.58. The summed E-state index contributed by atoms with van der Waals surface area (Å²) in [6.07, 6.45) is 4.30. The molecule has 0 spiro atoms. The van der Waals surface area contributed by atoms with Gasteiger partial charge in [0, 0.05) is 28.6 Å². The molecule has 2 aromatic rings. The first-order chi connectivity index (χ1) is 12.5. The van der Waals surface area contributed by atoms with Gasteiger partial charge >= 0.3 is 11.9 Å². The SMILES string of the molecule is COC1=CC2CCn3c(C(=O)O)cc(-c4cccs4)c3C2C=C1C(=O)O. The summed E-state index contributed by atoms with van der Waals surface area (Å²) in [6.45, 7) is 0.577. The average Bonchev–Trinajstić information content (AvgIpc) is 3.27. The molecule has 2 aromatic heterocycles. The van der Waals surface area contributed by atoms with Crippen LogP contribution in [0.3, 0.4) is 0 Å². The second kappa shape index (κ2) is 6.17. The maximum atomic E-state index is 11.7. The maximum Gasteiger partial charge on any atom is 0.352 e.